The lowest BCUT2D eigenvalue weighted by atomic mass is 10.0. The molecule has 0 spiro atoms. The van der Waals surface area contributed by atoms with Crippen LogP contribution >= 0.6 is 11.6 Å². The maximum atomic E-state index is 5.96. The second-order valence-electron chi connectivity index (χ2n) is 6.09. The van der Waals surface area contributed by atoms with E-state index in [1.54, 1.807) is 7.05 Å². The van der Waals surface area contributed by atoms with Gasteiger partial charge >= 0.3 is 0 Å². The first kappa shape index (κ1) is 17.9. The second kappa shape index (κ2) is 8.41. The number of ether oxygens (including phenoxy) is 2. The Labute approximate surface area is 143 Å². The Morgan fingerprint density at radius 1 is 1.48 bits per heavy atom. The monoisotopic (exact) mass is 339 g/mol. The number of guanidine groups is 1. The van der Waals surface area contributed by atoms with Crippen LogP contribution in [0.2, 0.25) is 5.02 Å². The Morgan fingerprint density at radius 2 is 2.30 bits per heavy atom. The molecule has 1 aromatic rings. The zero-order chi connectivity index (χ0) is 16.7. The summed E-state index contributed by atoms with van der Waals surface area (Å²) in [6.07, 6.45) is 2.19. The van der Waals surface area contributed by atoms with E-state index in [9.17, 15) is 0 Å². The predicted molar refractivity (Wildman–Crippen MR) is 94.5 cm³/mol. The molecule has 0 amide bonds. The fourth-order valence-corrected chi connectivity index (χ4v) is 2.70. The van der Waals surface area contributed by atoms with Crippen molar-refractivity contribution in [2.45, 2.75) is 38.4 Å². The van der Waals surface area contributed by atoms with Gasteiger partial charge in [-0.25, -0.2) is 0 Å². The number of halogens is 1. The van der Waals surface area contributed by atoms with E-state index in [0.29, 0.717) is 11.6 Å². The molecule has 2 N–H and O–H groups in total. The summed E-state index contributed by atoms with van der Waals surface area (Å²) < 4.78 is 11.6. The summed E-state index contributed by atoms with van der Waals surface area (Å²) in [7, 11) is 1.76. The number of rotatable bonds is 6. The molecule has 1 fully saturated rings. The Hall–Kier alpha value is -1.46. The van der Waals surface area contributed by atoms with Gasteiger partial charge in [-0.15, -0.1) is 0 Å². The van der Waals surface area contributed by atoms with Crippen LogP contribution in [0.25, 0.3) is 0 Å². The zero-order valence-electron chi connectivity index (χ0n) is 14.1. The fraction of sp³-hybridized carbons (Fsp3) is 0.588. The summed E-state index contributed by atoms with van der Waals surface area (Å²) in [4.78, 5) is 4.24. The standard InChI is InChI=1S/C17H26ClN3O2/c1-13(23-15-7-4-6-14(18)10-15)11-20-16(19-3)21-12-17(2)8-5-9-22-17/h4,6-7,10,13H,5,8-9,11-12H2,1-3H3,(H2,19,20,21). The molecule has 1 aliphatic heterocycles. The van der Waals surface area contributed by atoms with Crippen molar-refractivity contribution in [1.29, 1.82) is 0 Å². The molecule has 0 bridgehead atoms. The summed E-state index contributed by atoms with van der Waals surface area (Å²) in [5.74, 6) is 1.52. The normalized spacial score (nSPS) is 22.7. The molecule has 1 aromatic carbocycles. The van der Waals surface area contributed by atoms with Gasteiger partial charge < -0.3 is 20.1 Å². The van der Waals surface area contributed by atoms with Crippen LogP contribution in [0.5, 0.6) is 5.75 Å². The van der Waals surface area contributed by atoms with Gasteiger partial charge in [-0.3, -0.25) is 4.99 Å². The van der Waals surface area contributed by atoms with Gasteiger partial charge in [0.05, 0.1) is 12.1 Å². The molecule has 1 saturated heterocycles. The number of aliphatic imine (C=N–C) groups is 1. The van der Waals surface area contributed by atoms with E-state index in [1.807, 2.05) is 31.2 Å². The predicted octanol–water partition coefficient (Wildman–Crippen LogP) is 2.84. The van der Waals surface area contributed by atoms with Gasteiger partial charge in [-0.05, 0) is 44.9 Å². The van der Waals surface area contributed by atoms with Crippen LogP contribution in [0.1, 0.15) is 26.7 Å². The van der Waals surface area contributed by atoms with E-state index in [0.717, 1.165) is 37.7 Å². The van der Waals surface area contributed by atoms with Crippen LogP contribution < -0.4 is 15.4 Å². The van der Waals surface area contributed by atoms with Crippen LogP contribution in [-0.4, -0.2) is 44.4 Å². The molecule has 0 saturated carbocycles. The molecule has 2 rings (SSSR count). The number of hydrogen-bond donors (Lipinski definition) is 2. The second-order valence-corrected chi connectivity index (χ2v) is 6.53. The maximum Gasteiger partial charge on any atom is 0.191 e. The molecule has 1 aliphatic rings. The quantitative estimate of drug-likeness (QED) is 0.618. The molecule has 5 nitrogen and oxygen atoms in total. The molecule has 6 heteroatoms. The van der Waals surface area contributed by atoms with Gasteiger partial charge in [-0.1, -0.05) is 17.7 Å². The molecule has 2 atom stereocenters. The lowest BCUT2D eigenvalue weighted by Crippen LogP contribution is -2.47. The molecule has 128 valence electrons. The molecule has 0 aromatic heterocycles. The van der Waals surface area contributed by atoms with Crippen molar-refractivity contribution in [2.75, 3.05) is 26.7 Å². The van der Waals surface area contributed by atoms with Gasteiger partial charge in [0, 0.05) is 25.2 Å². The average molecular weight is 340 g/mol. The molecule has 0 radical (unpaired) electrons. The van der Waals surface area contributed by atoms with Crippen LogP contribution in [0.3, 0.4) is 0 Å². The van der Waals surface area contributed by atoms with Crippen molar-refractivity contribution in [3.8, 4) is 5.75 Å². The van der Waals surface area contributed by atoms with Crippen molar-refractivity contribution < 1.29 is 9.47 Å². The minimum absolute atomic E-state index is 0.00895. The van der Waals surface area contributed by atoms with Gasteiger partial charge in [0.1, 0.15) is 11.9 Å². The third-order valence-corrected chi connectivity index (χ3v) is 4.08. The molecular formula is C17H26ClN3O2. The van der Waals surface area contributed by atoms with E-state index in [1.165, 1.54) is 0 Å². The van der Waals surface area contributed by atoms with Crippen LogP contribution in [0.4, 0.5) is 0 Å². The lowest BCUT2D eigenvalue weighted by Gasteiger charge is -2.25. The Balaban J connectivity index is 1.74. The third-order valence-electron chi connectivity index (χ3n) is 3.84. The highest BCUT2D eigenvalue weighted by molar-refractivity contribution is 6.30. The molecule has 1 heterocycles. The Morgan fingerprint density at radius 3 is 2.96 bits per heavy atom. The fourth-order valence-electron chi connectivity index (χ4n) is 2.52. The van der Waals surface area contributed by atoms with Crippen LogP contribution in [-0.2, 0) is 4.74 Å². The summed E-state index contributed by atoms with van der Waals surface area (Å²) in [5, 5.41) is 7.26. The topological polar surface area (TPSA) is 54.9 Å². The van der Waals surface area contributed by atoms with Gasteiger partial charge in [-0.2, -0.15) is 0 Å². The van der Waals surface area contributed by atoms with Crippen molar-refractivity contribution >= 4 is 17.6 Å². The van der Waals surface area contributed by atoms with Gasteiger partial charge in [0.25, 0.3) is 0 Å². The average Bonchev–Trinajstić information content (AvgIpc) is 2.94. The Kier molecular flexibility index (Phi) is 6.54. The summed E-state index contributed by atoms with van der Waals surface area (Å²) in [5.41, 5.74) is -0.0967. The number of nitrogens with one attached hydrogen (secondary N) is 2. The molecule has 23 heavy (non-hydrogen) atoms. The van der Waals surface area contributed by atoms with Gasteiger partial charge in [0.2, 0.25) is 0 Å². The number of hydrogen-bond acceptors (Lipinski definition) is 3. The Bertz CT molecular complexity index is 530. The zero-order valence-corrected chi connectivity index (χ0v) is 14.8. The first-order chi connectivity index (χ1) is 11.0. The molecular weight excluding hydrogens is 314 g/mol. The van der Waals surface area contributed by atoms with E-state index in [-0.39, 0.29) is 11.7 Å². The third kappa shape index (κ3) is 5.92. The first-order valence-electron chi connectivity index (χ1n) is 8.01. The molecule has 2 unspecified atom stereocenters. The molecule has 0 aliphatic carbocycles. The largest absolute Gasteiger partial charge is 0.489 e. The lowest BCUT2D eigenvalue weighted by molar-refractivity contribution is 0.0242. The maximum absolute atomic E-state index is 5.96. The summed E-state index contributed by atoms with van der Waals surface area (Å²) >= 11 is 5.96. The van der Waals surface area contributed by atoms with Crippen LogP contribution in [0.15, 0.2) is 29.3 Å². The van der Waals surface area contributed by atoms with Crippen molar-refractivity contribution in [3.05, 3.63) is 29.3 Å². The highest BCUT2D eigenvalue weighted by atomic mass is 35.5. The van der Waals surface area contributed by atoms with Gasteiger partial charge in [0.15, 0.2) is 5.96 Å². The minimum Gasteiger partial charge on any atom is -0.489 e. The SMILES string of the molecule is CN=C(NCC(C)Oc1cccc(Cl)c1)NCC1(C)CCCO1. The van der Waals surface area contributed by atoms with Crippen molar-refractivity contribution in [2.24, 2.45) is 4.99 Å². The number of benzene rings is 1. The summed E-state index contributed by atoms with van der Waals surface area (Å²) in [6.45, 7) is 6.36. The smallest absolute Gasteiger partial charge is 0.191 e. The van der Waals surface area contributed by atoms with E-state index >= 15 is 0 Å². The van der Waals surface area contributed by atoms with Crippen molar-refractivity contribution in [3.63, 3.8) is 0 Å². The van der Waals surface area contributed by atoms with E-state index < -0.39 is 0 Å². The first-order valence-corrected chi connectivity index (χ1v) is 8.39. The van der Waals surface area contributed by atoms with Crippen LogP contribution in [0, 0.1) is 0 Å². The number of nitrogens with zero attached hydrogens (tertiary/aromatic N) is 1. The van der Waals surface area contributed by atoms with E-state index in [2.05, 4.69) is 22.5 Å². The van der Waals surface area contributed by atoms with Crippen molar-refractivity contribution in [1.82, 2.24) is 10.6 Å². The summed E-state index contributed by atoms with van der Waals surface area (Å²) in [6, 6.07) is 7.41. The highest BCUT2D eigenvalue weighted by Gasteiger charge is 2.29. The van der Waals surface area contributed by atoms with E-state index in [4.69, 9.17) is 21.1 Å². The minimum atomic E-state index is -0.0967. The highest BCUT2D eigenvalue weighted by Crippen LogP contribution is 2.23.